The molecule has 4 rings (SSSR count). The minimum Gasteiger partial charge on any atom is -0.372 e. The monoisotopic (exact) mass is 382 g/mol. The lowest BCUT2D eigenvalue weighted by Gasteiger charge is -2.37. The molecule has 0 saturated carbocycles. The SMILES string of the molecule is CC1CN(c2ccc(N3C(=O)CC4CS(=O)(=O)CC43)cc2F)CC(C)O1. The molecule has 4 unspecified atom stereocenters. The summed E-state index contributed by atoms with van der Waals surface area (Å²) in [4.78, 5) is 15.8. The number of nitrogens with zero attached hydrogens (tertiary/aromatic N) is 2. The molecule has 1 aromatic carbocycles. The molecule has 3 aliphatic heterocycles. The van der Waals surface area contributed by atoms with Gasteiger partial charge in [0.2, 0.25) is 5.91 Å². The summed E-state index contributed by atoms with van der Waals surface area (Å²) in [6, 6.07) is 4.38. The lowest BCUT2D eigenvalue weighted by Crippen LogP contribution is -2.45. The Morgan fingerprint density at radius 3 is 2.50 bits per heavy atom. The van der Waals surface area contributed by atoms with Crippen molar-refractivity contribution in [2.45, 2.75) is 38.5 Å². The van der Waals surface area contributed by atoms with Crippen LogP contribution >= 0.6 is 0 Å². The van der Waals surface area contributed by atoms with Crippen LogP contribution in [0, 0.1) is 11.7 Å². The number of benzene rings is 1. The second-order valence-corrected chi connectivity index (χ2v) is 9.82. The molecular weight excluding hydrogens is 359 g/mol. The van der Waals surface area contributed by atoms with Gasteiger partial charge < -0.3 is 14.5 Å². The number of morpholine rings is 1. The van der Waals surface area contributed by atoms with Gasteiger partial charge in [-0.05, 0) is 32.0 Å². The zero-order valence-electron chi connectivity index (χ0n) is 14.9. The van der Waals surface area contributed by atoms with E-state index in [-0.39, 0.29) is 48.0 Å². The number of carbonyl (C=O) groups excluding carboxylic acids is 1. The van der Waals surface area contributed by atoms with Crippen molar-refractivity contribution in [2.24, 2.45) is 5.92 Å². The molecule has 3 heterocycles. The summed E-state index contributed by atoms with van der Waals surface area (Å²) in [6.07, 6.45) is 0.246. The highest BCUT2D eigenvalue weighted by atomic mass is 32.2. The van der Waals surface area contributed by atoms with Crippen LogP contribution in [0.15, 0.2) is 18.2 Å². The van der Waals surface area contributed by atoms with Gasteiger partial charge in [-0.1, -0.05) is 0 Å². The van der Waals surface area contributed by atoms with Gasteiger partial charge in [-0.25, -0.2) is 12.8 Å². The van der Waals surface area contributed by atoms with E-state index in [1.807, 2.05) is 18.7 Å². The largest absolute Gasteiger partial charge is 0.372 e. The smallest absolute Gasteiger partial charge is 0.227 e. The van der Waals surface area contributed by atoms with Crippen molar-refractivity contribution < 1.29 is 22.3 Å². The number of carbonyl (C=O) groups is 1. The first-order valence-corrected chi connectivity index (χ1v) is 10.8. The van der Waals surface area contributed by atoms with Crippen LogP contribution in [0.5, 0.6) is 0 Å². The van der Waals surface area contributed by atoms with Gasteiger partial charge in [-0.3, -0.25) is 4.79 Å². The molecule has 0 aromatic heterocycles. The standard InChI is InChI=1S/C18H23FN2O4S/c1-11-7-20(8-12(2)25-11)16-4-3-14(6-15(16)19)21-17-10-26(23,24)9-13(17)5-18(21)22/h3-4,6,11-13,17H,5,7-10H2,1-2H3. The number of ether oxygens (including phenoxy) is 1. The third-order valence-electron chi connectivity index (χ3n) is 5.44. The van der Waals surface area contributed by atoms with Gasteiger partial charge >= 0.3 is 0 Å². The summed E-state index contributed by atoms with van der Waals surface area (Å²) in [5, 5.41) is 0. The fourth-order valence-corrected chi connectivity index (χ4v) is 6.57. The van der Waals surface area contributed by atoms with Gasteiger partial charge in [-0.2, -0.15) is 0 Å². The third kappa shape index (κ3) is 3.09. The van der Waals surface area contributed by atoms with E-state index in [1.54, 1.807) is 12.1 Å². The number of rotatable bonds is 2. The number of sulfone groups is 1. The van der Waals surface area contributed by atoms with Crippen LogP contribution in [0.1, 0.15) is 20.3 Å². The summed E-state index contributed by atoms with van der Waals surface area (Å²) in [6.45, 7) is 5.12. The Morgan fingerprint density at radius 2 is 1.85 bits per heavy atom. The Hall–Kier alpha value is -1.67. The lowest BCUT2D eigenvalue weighted by atomic mass is 10.0. The van der Waals surface area contributed by atoms with Crippen molar-refractivity contribution in [2.75, 3.05) is 34.4 Å². The first kappa shape index (κ1) is 17.7. The number of anilines is 2. The number of hydrogen-bond donors (Lipinski definition) is 0. The van der Waals surface area contributed by atoms with E-state index >= 15 is 0 Å². The predicted molar refractivity (Wildman–Crippen MR) is 96.7 cm³/mol. The molecule has 3 saturated heterocycles. The minimum atomic E-state index is -3.13. The maximum absolute atomic E-state index is 14.8. The Balaban J connectivity index is 1.61. The van der Waals surface area contributed by atoms with Gasteiger partial charge in [0, 0.05) is 31.1 Å². The van der Waals surface area contributed by atoms with Crippen LogP contribution in [0.3, 0.4) is 0 Å². The summed E-state index contributed by atoms with van der Waals surface area (Å²) < 4.78 is 44.3. The van der Waals surface area contributed by atoms with E-state index in [0.29, 0.717) is 24.5 Å². The van der Waals surface area contributed by atoms with Gasteiger partial charge in [0.05, 0.1) is 35.4 Å². The Kier molecular flexibility index (Phi) is 4.23. The maximum atomic E-state index is 14.8. The zero-order chi connectivity index (χ0) is 18.6. The van der Waals surface area contributed by atoms with Crippen molar-refractivity contribution in [3.8, 4) is 0 Å². The maximum Gasteiger partial charge on any atom is 0.227 e. The summed E-state index contributed by atoms with van der Waals surface area (Å²) in [5.41, 5.74) is 0.924. The first-order valence-electron chi connectivity index (χ1n) is 8.96. The normalized spacial score (nSPS) is 33.6. The molecule has 0 spiro atoms. The van der Waals surface area contributed by atoms with E-state index in [0.717, 1.165) is 0 Å². The van der Waals surface area contributed by atoms with Crippen LogP contribution < -0.4 is 9.80 Å². The second kappa shape index (κ2) is 6.20. The number of hydrogen-bond acceptors (Lipinski definition) is 5. The first-order chi connectivity index (χ1) is 12.2. The summed E-state index contributed by atoms with van der Waals surface area (Å²) >= 11 is 0. The molecule has 0 radical (unpaired) electrons. The molecule has 6 nitrogen and oxygen atoms in total. The highest BCUT2D eigenvalue weighted by molar-refractivity contribution is 7.91. The summed E-state index contributed by atoms with van der Waals surface area (Å²) in [5.74, 6) is -0.706. The second-order valence-electron chi connectivity index (χ2n) is 7.67. The molecule has 4 atom stereocenters. The zero-order valence-corrected chi connectivity index (χ0v) is 15.7. The minimum absolute atomic E-state index is 0.0161. The highest BCUT2D eigenvalue weighted by Gasteiger charge is 2.49. The average molecular weight is 382 g/mol. The van der Waals surface area contributed by atoms with Gasteiger partial charge in [0.25, 0.3) is 0 Å². The van der Waals surface area contributed by atoms with Crippen molar-refractivity contribution >= 4 is 27.1 Å². The lowest BCUT2D eigenvalue weighted by molar-refractivity contribution is -0.117. The van der Waals surface area contributed by atoms with Gasteiger partial charge in [0.1, 0.15) is 5.82 Å². The molecular formula is C18H23FN2O4S. The van der Waals surface area contributed by atoms with Crippen molar-refractivity contribution in [3.05, 3.63) is 24.0 Å². The molecule has 3 aliphatic rings. The molecule has 8 heteroatoms. The summed E-state index contributed by atoms with van der Waals surface area (Å²) in [7, 11) is -3.13. The van der Waals surface area contributed by atoms with Gasteiger partial charge in [0.15, 0.2) is 9.84 Å². The number of halogens is 1. The Morgan fingerprint density at radius 1 is 1.15 bits per heavy atom. The fourth-order valence-electron chi connectivity index (χ4n) is 4.50. The third-order valence-corrected chi connectivity index (χ3v) is 7.23. The molecule has 26 heavy (non-hydrogen) atoms. The molecule has 3 fully saturated rings. The molecule has 1 amide bonds. The molecule has 1 aromatic rings. The Labute approximate surface area is 152 Å². The predicted octanol–water partition coefficient (Wildman–Crippen LogP) is 1.59. The molecule has 0 bridgehead atoms. The average Bonchev–Trinajstić information content (AvgIpc) is 2.95. The van der Waals surface area contributed by atoms with Crippen molar-refractivity contribution in [1.29, 1.82) is 0 Å². The van der Waals surface area contributed by atoms with Crippen LogP contribution in [0.25, 0.3) is 0 Å². The van der Waals surface area contributed by atoms with Crippen LogP contribution in [0.4, 0.5) is 15.8 Å². The quantitative estimate of drug-likeness (QED) is 0.777. The van der Waals surface area contributed by atoms with E-state index in [1.165, 1.54) is 11.0 Å². The van der Waals surface area contributed by atoms with E-state index in [9.17, 15) is 17.6 Å². The number of fused-ring (bicyclic) bond motifs is 1. The van der Waals surface area contributed by atoms with E-state index < -0.39 is 15.7 Å². The van der Waals surface area contributed by atoms with Gasteiger partial charge in [-0.15, -0.1) is 0 Å². The van der Waals surface area contributed by atoms with Crippen LogP contribution in [-0.2, 0) is 19.4 Å². The molecule has 0 N–H and O–H groups in total. The molecule has 142 valence electrons. The van der Waals surface area contributed by atoms with E-state index in [2.05, 4.69) is 0 Å². The molecule has 0 aliphatic carbocycles. The fraction of sp³-hybridized carbons (Fsp3) is 0.611. The van der Waals surface area contributed by atoms with Crippen molar-refractivity contribution in [3.63, 3.8) is 0 Å². The topological polar surface area (TPSA) is 66.9 Å². The van der Waals surface area contributed by atoms with E-state index in [4.69, 9.17) is 4.74 Å². The van der Waals surface area contributed by atoms with Crippen molar-refractivity contribution in [1.82, 2.24) is 0 Å². The van der Waals surface area contributed by atoms with Crippen LogP contribution in [0.2, 0.25) is 0 Å². The number of amides is 1. The Bertz CT molecular complexity index is 834. The van der Waals surface area contributed by atoms with Crippen LogP contribution in [-0.4, -0.2) is 57.2 Å². The highest BCUT2D eigenvalue weighted by Crippen LogP contribution is 2.38.